The van der Waals surface area contributed by atoms with Crippen LogP contribution in [0.5, 0.6) is 0 Å². The first-order valence-electron chi connectivity index (χ1n) is 5.58. The fraction of sp³-hybridized carbons (Fsp3) is 0.133. The first-order valence-corrected chi connectivity index (χ1v) is 5.58. The SMILES string of the molecule is [CH]=CCC(c1ccccc1)c1ccc[n+]([O-])c1. The predicted molar refractivity (Wildman–Crippen MR) is 67.2 cm³/mol. The third-order valence-electron chi connectivity index (χ3n) is 2.77. The lowest BCUT2D eigenvalue weighted by atomic mass is 9.90. The molecule has 1 atom stereocenters. The molecule has 0 bridgehead atoms. The lowest BCUT2D eigenvalue weighted by molar-refractivity contribution is -0.605. The molecular formula is C15H14NO. The van der Waals surface area contributed by atoms with E-state index in [9.17, 15) is 5.21 Å². The van der Waals surface area contributed by atoms with Crippen molar-refractivity contribution >= 4 is 0 Å². The fourth-order valence-corrected chi connectivity index (χ4v) is 1.96. The molecule has 0 fully saturated rings. The molecule has 17 heavy (non-hydrogen) atoms. The molecule has 1 heterocycles. The molecule has 0 aliphatic rings. The lowest BCUT2D eigenvalue weighted by Gasteiger charge is -2.15. The highest BCUT2D eigenvalue weighted by Gasteiger charge is 2.14. The van der Waals surface area contributed by atoms with Crippen LogP contribution in [0.3, 0.4) is 0 Å². The molecule has 1 radical (unpaired) electrons. The van der Waals surface area contributed by atoms with Gasteiger partial charge in [0.25, 0.3) is 0 Å². The predicted octanol–water partition coefficient (Wildman–Crippen LogP) is 2.83. The highest BCUT2D eigenvalue weighted by atomic mass is 16.5. The van der Waals surface area contributed by atoms with E-state index in [2.05, 4.69) is 12.1 Å². The maximum absolute atomic E-state index is 11.3. The van der Waals surface area contributed by atoms with Crippen LogP contribution in [0, 0.1) is 11.8 Å². The summed E-state index contributed by atoms with van der Waals surface area (Å²) < 4.78 is 0.821. The van der Waals surface area contributed by atoms with Crippen LogP contribution < -0.4 is 4.73 Å². The minimum absolute atomic E-state index is 0.141. The van der Waals surface area contributed by atoms with Crippen molar-refractivity contribution in [2.24, 2.45) is 0 Å². The second-order valence-electron chi connectivity index (χ2n) is 3.93. The quantitative estimate of drug-likeness (QED) is 0.579. The van der Waals surface area contributed by atoms with Crippen molar-refractivity contribution in [1.29, 1.82) is 0 Å². The van der Waals surface area contributed by atoms with Crippen molar-refractivity contribution in [3.05, 3.63) is 83.8 Å². The summed E-state index contributed by atoms with van der Waals surface area (Å²) >= 11 is 0. The van der Waals surface area contributed by atoms with Crippen LogP contribution >= 0.6 is 0 Å². The molecule has 85 valence electrons. The fourth-order valence-electron chi connectivity index (χ4n) is 1.96. The van der Waals surface area contributed by atoms with Crippen LogP contribution in [0.4, 0.5) is 0 Å². The molecule has 2 rings (SSSR count). The number of hydrogen-bond acceptors (Lipinski definition) is 1. The number of allylic oxidation sites excluding steroid dienone is 1. The van der Waals surface area contributed by atoms with Crippen molar-refractivity contribution in [3.63, 3.8) is 0 Å². The number of nitrogens with zero attached hydrogens (tertiary/aromatic N) is 1. The molecule has 0 amide bonds. The Morgan fingerprint density at radius 3 is 2.47 bits per heavy atom. The summed E-state index contributed by atoms with van der Waals surface area (Å²) in [5, 5.41) is 11.3. The standard InChI is InChI=1S/C15H14NO/c1-2-7-15(13-8-4-3-5-9-13)14-10-6-11-16(17)12-14/h1-6,8-12,15H,7H2. The van der Waals surface area contributed by atoms with Crippen LogP contribution in [0.1, 0.15) is 23.5 Å². The van der Waals surface area contributed by atoms with E-state index in [0.29, 0.717) is 6.42 Å². The maximum Gasteiger partial charge on any atom is 0.184 e. The minimum atomic E-state index is 0.141. The molecule has 0 saturated carbocycles. The van der Waals surface area contributed by atoms with Gasteiger partial charge in [-0.15, -0.1) is 0 Å². The number of rotatable bonds is 4. The molecule has 0 spiro atoms. The zero-order valence-corrected chi connectivity index (χ0v) is 9.49. The molecule has 0 aliphatic carbocycles. The van der Waals surface area contributed by atoms with Crippen molar-refractivity contribution in [2.45, 2.75) is 12.3 Å². The molecule has 0 aliphatic heterocycles. The highest BCUT2D eigenvalue weighted by molar-refractivity contribution is 5.30. The number of pyridine rings is 1. The van der Waals surface area contributed by atoms with Crippen molar-refractivity contribution in [2.75, 3.05) is 0 Å². The van der Waals surface area contributed by atoms with Gasteiger partial charge in [0.2, 0.25) is 0 Å². The first-order chi connectivity index (χ1) is 8.31. The summed E-state index contributed by atoms with van der Waals surface area (Å²) in [6, 6.07) is 13.8. The zero-order valence-electron chi connectivity index (χ0n) is 9.49. The number of aromatic nitrogens is 1. The Kier molecular flexibility index (Phi) is 3.55. The van der Waals surface area contributed by atoms with E-state index in [0.717, 1.165) is 10.3 Å². The molecular weight excluding hydrogens is 210 g/mol. The Morgan fingerprint density at radius 1 is 1.12 bits per heavy atom. The van der Waals surface area contributed by atoms with Gasteiger partial charge < -0.3 is 5.21 Å². The highest BCUT2D eigenvalue weighted by Crippen LogP contribution is 2.26. The molecule has 0 N–H and O–H groups in total. The maximum atomic E-state index is 11.3. The second-order valence-corrected chi connectivity index (χ2v) is 3.93. The van der Waals surface area contributed by atoms with Gasteiger partial charge in [0.05, 0.1) is 0 Å². The first kappa shape index (κ1) is 11.4. The largest absolute Gasteiger partial charge is 0.619 e. The van der Waals surface area contributed by atoms with Gasteiger partial charge in [-0.05, 0) is 18.1 Å². The van der Waals surface area contributed by atoms with E-state index in [1.165, 1.54) is 11.8 Å². The van der Waals surface area contributed by atoms with Crippen LogP contribution in [-0.2, 0) is 0 Å². The van der Waals surface area contributed by atoms with Gasteiger partial charge in [0.15, 0.2) is 12.4 Å². The van der Waals surface area contributed by atoms with Crippen LogP contribution in [0.15, 0.2) is 60.9 Å². The van der Waals surface area contributed by atoms with Gasteiger partial charge in [-0.1, -0.05) is 43.0 Å². The molecule has 1 unspecified atom stereocenters. The van der Waals surface area contributed by atoms with Crippen molar-refractivity contribution < 1.29 is 4.73 Å². The normalized spacial score (nSPS) is 12.0. The average Bonchev–Trinajstić information content (AvgIpc) is 2.37. The Morgan fingerprint density at radius 2 is 1.82 bits per heavy atom. The summed E-state index contributed by atoms with van der Waals surface area (Å²) in [7, 11) is 0. The van der Waals surface area contributed by atoms with Crippen LogP contribution in [-0.4, -0.2) is 0 Å². The van der Waals surface area contributed by atoms with Crippen molar-refractivity contribution in [3.8, 4) is 0 Å². The van der Waals surface area contributed by atoms with E-state index in [1.54, 1.807) is 18.3 Å². The molecule has 1 aromatic carbocycles. The second kappa shape index (κ2) is 5.30. The third kappa shape index (κ3) is 2.72. The molecule has 2 nitrogen and oxygen atoms in total. The summed E-state index contributed by atoms with van der Waals surface area (Å²) in [5.74, 6) is 0.141. The molecule has 0 saturated heterocycles. The van der Waals surface area contributed by atoms with Crippen LogP contribution in [0.2, 0.25) is 0 Å². The van der Waals surface area contributed by atoms with Gasteiger partial charge in [-0.25, -0.2) is 0 Å². The topological polar surface area (TPSA) is 26.9 Å². The van der Waals surface area contributed by atoms with Gasteiger partial charge >= 0.3 is 0 Å². The average molecular weight is 224 g/mol. The minimum Gasteiger partial charge on any atom is -0.619 e. The smallest absolute Gasteiger partial charge is 0.184 e. The van der Waals surface area contributed by atoms with E-state index in [1.807, 2.05) is 24.3 Å². The van der Waals surface area contributed by atoms with E-state index >= 15 is 0 Å². The number of hydrogen-bond donors (Lipinski definition) is 0. The Bertz CT molecular complexity index is 493. The van der Waals surface area contributed by atoms with Crippen LogP contribution in [0.25, 0.3) is 0 Å². The van der Waals surface area contributed by atoms with Crippen molar-refractivity contribution in [1.82, 2.24) is 0 Å². The molecule has 2 heteroatoms. The monoisotopic (exact) mass is 224 g/mol. The van der Waals surface area contributed by atoms with Gasteiger partial charge in [-0.2, -0.15) is 4.73 Å². The van der Waals surface area contributed by atoms with Gasteiger partial charge in [0.1, 0.15) is 0 Å². The Balaban J connectivity index is 2.39. The van der Waals surface area contributed by atoms with E-state index in [-0.39, 0.29) is 5.92 Å². The van der Waals surface area contributed by atoms with E-state index in [4.69, 9.17) is 6.58 Å². The van der Waals surface area contributed by atoms with Gasteiger partial charge in [-0.3, -0.25) is 0 Å². The summed E-state index contributed by atoms with van der Waals surface area (Å²) in [5.41, 5.74) is 2.15. The Hall–Kier alpha value is -2.09. The summed E-state index contributed by atoms with van der Waals surface area (Å²) in [6.07, 6.45) is 5.44. The molecule has 1 aromatic heterocycles. The number of benzene rings is 1. The summed E-state index contributed by atoms with van der Waals surface area (Å²) in [6.45, 7) is 5.53. The molecule has 2 aromatic rings. The summed E-state index contributed by atoms with van der Waals surface area (Å²) in [4.78, 5) is 0. The van der Waals surface area contributed by atoms with E-state index < -0.39 is 0 Å². The lowest BCUT2D eigenvalue weighted by Crippen LogP contribution is -2.25. The Labute approximate surface area is 101 Å². The zero-order chi connectivity index (χ0) is 12.1. The van der Waals surface area contributed by atoms with Gasteiger partial charge in [0, 0.05) is 17.5 Å². The third-order valence-corrected chi connectivity index (χ3v) is 2.77.